The number of thiophene rings is 1. The molecule has 1 heterocycles. The molecule has 108 valence electrons. The quantitative estimate of drug-likeness (QED) is 0.817. The van der Waals surface area contributed by atoms with Crippen LogP contribution in [0, 0.1) is 5.92 Å². The molecule has 0 saturated heterocycles. The fraction of sp³-hybridized carbons (Fsp3) is 0.438. The van der Waals surface area contributed by atoms with Gasteiger partial charge in [0.2, 0.25) is 0 Å². The lowest BCUT2D eigenvalue weighted by Gasteiger charge is -2.22. The van der Waals surface area contributed by atoms with Crippen LogP contribution in [0.25, 0.3) is 10.1 Å². The molecule has 0 aliphatic heterocycles. The minimum atomic E-state index is 0.0178. The molecule has 0 radical (unpaired) electrons. The van der Waals surface area contributed by atoms with E-state index in [0.717, 1.165) is 33.5 Å². The van der Waals surface area contributed by atoms with E-state index in [4.69, 9.17) is 5.73 Å². The molecule has 3 nitrogen and oxygen atoms in total. The number of anilines is 1. The first kappa shape index (κ1) is 14.9. The maximum atomic E-state index is 12.3. The van der Waals surface area contributed by atoms with Gasteiger partial charge in [0.25, 0.3) is 5.91 Å². The van der Waals surface area contributed by atoms with E-state index >= 15 is 0 Å². The standard InChI is InChI=1S/C16H22N2OS/c1-4-11(5-2)10(3)18-16(19)15-9-12-8-13(17)6-7-14(12)20-15/h6-11H,4-5,17H2,1-3H3,(H,18,19). The van der Waals surface area contributed by atoms with Crippen LogP contribution >= 0.6 is 11.3 Å². The van der Waals surface area contributed by atoms with Gasteiger partial charge in [-0.2, -0.15) is 0 Å². The average Bonchev–Trinajstić information content (AvgIpc) is 2.83. The second-order valence-corrected chi connectivity index (χ2v) is 6.33. The van der Waals surface area contributed by atoms with Crippen LogP contribution in [0.2, 0.25) is 0 Å². The number of amides is 1. The number of hydrogen-bond acceptors (Lipinski definition) is 3. The molecule has 0 fully saturated rings. The van der Waals surface area contributed by atoms with Gasteiger partial charge in [-0.05, 0) is 42.5 Å². The van der Waals surface area contributed by atoms with E-state index < -0.39 is 0 Å². The van der Waals surface area contributed by atoms with Gasteiger partial charge in [0, 0.05) is 16.4 Å². The highest BCUT2D eigenvalue weighted by Crippen LogP contribution is 2.27. The first-order valence-corrected chi connectivity index (χ1v) is 7.96. The Kier molecular flexibility index (Phi) is 4.65. The second-order valence-electron chi connectivity index (χ2n) is 5.25. The predicted molar refractivity (Wildman–Crippen MR) is 87.2 cm³/mol. The average molecular weight is 290 g/mol. The Morgan fingerprint density at radius 1 is 1.30 bits per heavy atom. The van der Waals surface area contributed by atoms with Crippen molar-refractivity contribution < 1.29 is 4.79 Å². The molecule has 3 N–H and O–H groups in total. The van der Waals surface area contributed by atoms with Gasteiger partial charge in [0.1, 0.15) is 0 Å². The number of nitrogens with one attached hydrogen (secondary N) is 1. The third-order valence-corrected chi connectivity index (χ3v) is 4.99. The first-order chi connectivity index (χ1) is 9.55. The van der Waals surface area contributed by atoms with E-state index in [2.05, 4.69) is 26.1 Å². The zero-order valence-corrected chi connectivity index (χ0v) is 13.1. The maximum Gasteiger partial charge on any atom is 0.261 e. The number of nitrogen functional groups attached to an aromatic ring is 1. The molecular weight excluding hydrogens is 268 g/mol. The van der Waals surface area contributed by atoms with Crippen molar-refractivity contribution in [2.45, 2.75) is 39.7 Å². The van der Waals surface area contributed by atoms with Crippen LogP contribution in [-0.4, -0.2) is 11.9 Å². The Bertz CT molecular complexity index is 602. The molecule has 2 rings (SSSR count). The van der Waals surface area contributed by atoms with Gasteiger partial charge in [-0.15, -0.1) is 11.3 Å². The number of carbonyl (C=O) groups is 1. The van der Waals surface area contributed by atoms with Crippen molar-refractivity contribution in [3.8, 4) is 0 Å². The summed E-state index contributed by atoms with van der Waals surface area (Å²) >= 11 is 1.52. The van der Waals surface area contributed by atoms with Gasteiger partial charge >= 0.3 is 0 Å². The van der Waals surface area contributed by atoms with Crippen molar-refractivity contribution >= 4 is 33.0 Å². The normalized spacial score (nSPS) is 12.8. The molecule has 1 unspecified atom stereocenters. The van der Waals surface area contributed by atoms with E-state index in [1.54, 1.807) is 0 Å². The molecule has 20 heavy (non-hydrogen) atoms. The zero-order chi connectivity index (χ0) is 14.7. The molecule has 1 aromatic heterocycles. The van der Waals surface area contributed by atoms with Crippen LogP contribution in [0.3, 0.4) is 0 Å². The minimum Gasteiger partial charge on any atom is -0.399 e. The van der Waals surface area contributed by atoms with E-state index in [0.29, 0.717) is 5.92 Å². The largest absolute Gasteiger partial charge is 0.399 e. The van der Waals surface area contributed by atoms with Crippen LogP contribution in [0.5, 0.6) is 0 Å². The number of benzene rings is 1. The molecule has 1 atom stereocenters. The van der Waals surface area contributed by atoms with Crippen molar-refractivity contribution in [2.24, 2.45) is 5.92 Å². The minimum absolute atomic E-state index is 0.0178. The Balaban J connectivity index is 2.15. The summed E-state index contributed by atoms with van der Waals surface area (Å²) in [5.74, 6) is 0.549. The highest BCUT2D eigenvalue weighted by atomic mass is 32.1. The third-order valence-electron chi connectivity index (χ3n) is 3.88. The molecule has 4 heteroatoms. The SMILES string of the molecule is CCC(CC)C(C)NC(=O)c1cc2cc(N)ccc2s1. The number of rotatable bonds is 5. The lowest BCUT2D eigenvalue weighted by molar-refractivity contribution is 0.0929. The van der Waals surface area contributed by atoms with Crippen molar-refractivity contribution in [1.29, 1.82) is 0 Å². The highest BCUT2D eigenvalue weighted by Gasteiger charge is 2.18. The third kappa shape index (κ3) is 3.12. The monoisotopic (exact) mass is 290 g/mol. The summed E-state index contributed by atoms with van der Waals surface area (Å²) in [5, 5.41) is 4.15. The van der Waals surface area contributed by atoms with Gasteiger partial charge in [-0.25, -0.2) is 0 Å². The summed E-state index contributed by atoms with van der Waals surface area (Å²) in [5.41, 5.74) is 6.50. The van der Waals surface area contributed by atoms with Crippen LogP contribution in [0.4, 0.5) is 5.69 Å². The lowest BCUT2D eigenvalue weighted by Crippen LogP contribution is -2.37. The number of nitrogens with two attached hydrogens (primary N) is 1. The topological polar surface area (TPSA) is 55.1 Å². The molecule has 1 aromatic carbocycles. The second kappa shape index (κ2) is 6.27. The zero-order valence-electron chi connectivity index (χ0n) is 12.3. The van der Waals surface area contributed by atoms with E-state index in [9.17, 15) is 4.79 Å². The molecule has 2 aromatic rings. The Labute approximate surface area is 124 Å². The van der Waals surface area contributed by atoms with Crippen LogP contribution in [0.15, 0.2) is 24.3 Å². The maximum absolute atomic E-state index is 12.3. The number of hydrogen-bond donors (Lipinski definition) is 2. The van der Waals surface area contributed by atoms with Crippen molar-refractivity contribution in [1.82, 2.24) is 5.32 Å². The highest BCUT2D eigenvalue weighted by molar-refractivity contribution is 7.20. The van der Waals surface area contributed by atoms with Gasteiger partial charge in [-0.3, -0.25) is 4.79 Å². The number of fused-ring (bicyclic) bond motifs is 1. The molecule has 0 aliphatic carbocycles. The Hall–Kier alpha value is -1.55. The molecule has 0 aliphatic rings. The summed E-state index contributed by atoms with van der Waals surface area (Å²) < 4.78 is 1.10. The van der Waals surface area contributed by atoms with Gasteiger partial charge < -0.3 is 11.1 Å². The van der Waals surface area contributed by atoms with Crippen molar-refractivity contribution in [2.75, 3.05) is 5.73 Å². The van der Waals surface area contributed by atoms with E-state index in [1.165, 1.54) is 11.3 Å². The number of carbonyl (C=O) groups excluding carboxylic acids is 1. The summed E-state index contributed by atoms with van der Waals surface area (Å²) in [6.07, 6.45) is 2.17. The summed E-state index contributed by atoms with van der Waals surface area (Å²) in [4.78, 5) is 13.1. The van der Waals surface area contributed by atoms with Crippen LogP contribution < -0.4 is 11.1 Å². The molecule has 0 bridgehead atoms. The fourth-order valence-electron chi connectivity index (χ4n) is 2.57. The summed E-state index contributed by atoms with van der Waals surface area (Å²) in [6.45, 7) is 6.42. The van der Waals surface area contributed by atoms with Gasteiger partial charge in [-0.1, -0.05) is 26.7 Å². The smallest absolute Gasteiger partial charge is 0.261 e. The summed E-state index contributed by atoms with van der Waals surface area (Å²) in [6, 6.07) is 7.87. The fourth-order valence-corrected chi connectivity index (χ4v) is 3.51. The van der Waals surface area contributed by atoms with Crippen molar-refractivity contribution in [3.05, 3.63) is 29.1 Å². The Morgan fingerprint density at radius 3 is 2.65 bits per heavy atom. The van der Waals surface area contributed by atoms with E-state index in [1.807, 2.05) is 24.3 Å². The van der Waals surface area contributed by atoms with Gasteiger partial charge in [0.05, 0.1) is 4.88 Å². The molecular formula is C16H22N2OS. The van der Waals surface area contributed by atoms with E-state index in [-0.39, 0.29) is 11.9 Å². The summed E-state index contributed by atoms with van der Waals surface area (Å²) in [7, 11) is 0. The van der Waals surface area contributed by atoms with Crippen molar-refractivity contribution in [3.63, 3.8) is 0 Å². The lowest BCUT2D eigenvalue weighted by atomic mass is 9.95. The molecule has 0 saturated carbocycles. The Morgan fingerprint density at radius 2 is 2.00 bits per heavy atom. The van der Waals surface area contributed by atoms with Gasteiger partial charge in [0.15, 0.2) is 0 Å². The first-order valence-electron chi connectivity index (χ1n) is 7.15. The van der Waals surface area contributed by atoms with Crippen LogP contribution in [0.1, 0.15) is 43.3 Å². The predicted octanol–water partition coefficient (Wildman–Crippen LogP) is 4.04. The molecule has 0 spiro atoms. The molecule has 1 amide bonds. The van der Waals surface area contributed by atoms with Crippen LogP contribution in [-0.2, 0) is 0 Å².